The molecule has 1 amide bonds. The minimum absolute atomic E-state index is 0.0477. The fourth-order valence-corrected chi connectivity index (χ4v) is 4.15. The fourth-order valence-electron chi connectivity index (χ4n) is 4.15. The van der Waals surface area contributed by atoms with E-state index in [0.29, 0.717) is 31.7 Å². The molecule has 148 valence electrons. The first-order valence-corrected chi connectivity index (χ1v) is 9.81. The summed E-state index contributed by atoms with van der Waals surface area (Å²) in [7, 11) is 0. The van der Waals surface area contributed by atoms with Crippen molar-refractivity contribution in [1.82, 2.24) is 9.88 Å². The maximum absolute atomic E-state index is 13.1. The van der Waals surface area contributed by atoms with Crippen molar-refractivity contribution >= 4 is 22.8 Å². The van der Waals surface area contributed by atoms with Crippen molar-refractivity contribution < 1.29 is 19.1 Å². The molecule has 2 saturated heterocycles. The topological polar surface area (TPSA) is 68.7 Å². The smallest absolute Gasteiger partial charge is 0.410 e. The summed E-state index contributed by atoms with van der Waals surface area (Å²) in [6, 6.07) is 11.2. The van der Waals surface area contributed by atoms with Crippen LogP contribution in [0.3, 0.4) is 0 Å². The van der Waals surface area contributed by atoms with E-state index in [2.05, 4.69) is 4.98 Å². The number of nitrogens with zero attached hydrogens (tertiary/aromatic N) is 2. The lowest BCUT2D eigenvalue weighted by molar-refractivity contribution is -0.0861. The van der Waals surface area contributed by atoms with Gasteiger partial charge in [-0.05, 0) is 45.7 Å². The Morgan fingerprint density at radius 3 is 2.43 bits per heavy atom. The van der Waals surface area contributed by atoms with Gasteiger partial charge in [0.25, 0.3) is 0 Å². The van der Waals surface area contributed by atoms with Gasteiger partial charge in [-0.2, -0.15) is 0 Å². The Kier molecular flexibility index (Phi) is 4.83. The Bertz CT molecular complexity index is 891. The Balaban J connectivity index is 1.53. The number of morpholine rings is 1. The zero-order valence-corrected chi connectivity index (χ0v) is 16.6. The van der Waals surface area contributed by atoms with Crippen LogP contribution in [0.15, 0.2) is 36.4 Å². The molecule has 2 aliphatic heterocycles. The standard InChI is InChI=1S/C22H26N2O4/c1-22(2,3)28-21(26)24-16-10-15(11-17(24)13-27-12-16)20(25)19-9-8-14-6-4-5-7-18(14)23-19/h4-9,15-17H,10-13H2,1-3H3. The van der Waals surface area contributed by atoms with Gasteiger partial charge in [0.15, 0.2) is 5.78 Å². The molecule has 2 unspecified atom stereocenters. The number of rotatable bonds is 2. The molecule has 1 aromatic carbocycles. The highest BCUT2D eigenvalue weighted by atomic mass is 16.6. The fraction of sp³-hybridized carbons (Fsp3) is 0.500. The Morgan fingerprint density at radius 2 is 1.75 bits per heavy atom. The predicted octanol–water partition coefficient (Wildman–Crippen LogP) is 3.83. The van der Waals surface area contributed by atoms with E-state index in [1.165, 1.54) is 0 Å². The minimum Gasteiger partial charge on any atom is -0.444 e. The van der Waals surface area contributed by atoms with Gasteiger partial charge in [0.05, 0.1) is 30.8 Å². The molecular weight excluding hydrogens is 356 g/mol. The minimum atomic E-state index is -0.548. The number of aromatic nitrogens is 1. The Morgan fingerprint density at radius 1 is 1.07 bits per heavy atom. The van der Waals surface area contributed by atoms with Crippen LogP contribution in [0, 0.1) is 5.92 Å². The zero-order valence-electron chi connectivity index (χ0n) is 16.6. The summed E-state index contributed by atoms with van der Waals surface area (Å²) in [4.78, 5) is 32.2. The number of carbonyl (C=O) groups is 2. The van der Waals surface area contributed by atoms with Crippen LogP contribution in [0.2, 0.25) is 0 Å². The molecule has 2 aliphatic rings. The second kappa shape index (κ2) is 7.17. The molecule has 0 radical (unpaired) electrons. The van der Waals surface area contributed by atoms with E-state index >= 15 is 0 Å². The van der Waals surface area contributed by atoms with Crippen LogP contribution in [0.5, 0.6) is 0 Å². The van der Waals surface area contributed by atoms with Crippen LogP contribution in [0.25, 0.3) is 10.9 Å². The van der Waals surface area contributed by atoms with E-state index in [9.17, 15) is 9.59 Å². The molecule has 0 spiro atoms. The summed E-state index contributed by atoms with van der Waals surface area (Å²) < 4.78 is 11.2. The van der Waals surface area contributed by atoms with Gasteiger partial charge in [0.2, 0.25) is 0 Å². The lowest BCUT2D eigenvalue weighted by Gasteiger charge is -2.47. The summed E-state index contributed by atoms with van der Waals surface area (Å²) >= 11 is 0. The third-order valence-electron chi connectivity index (χ3n) is 5.35. The lowest BCUT2D eigenvalue weighted by Crippen LogP contribution is -2.60. The number of para-hydroxylation sites is 1. The molecule has 1 aromatic heterocycles. The predicted molar refractivity (Wildman–Crippen MR) is 105 cm³/mol. The van der Waals surface area contributed by atoms with Gasteiger partial charge in [-0.3, -0.25) is 9.69 Å². The third-order valence-corrected chi connectivity index (χ3v) is 5.35. The lowest BCUT2D eigenvalue weighted by atomic mass is 9.81. The first kappa shape index (κ1) is 18.9. The molecule has 6 nitrogen and oxygen atoms in total. The highest BCUT2D eigenvalue weighted by molar-refractivity contribution is 5.98. The van der Waals surface area contributed by atoms with Gasteiger partial charge in [-0.15, -0.1) is 0 Å². The second-order valence-corrected chi connectivity index (χ2v) is 8.65. The van der Waals surface area contributed by atoms with Gasteiger partial charge in [-0.1, -0.05) is 24.3 Å². The number of hydrogen-bond donors (Lipinski definition) is 0. The van der Waals surface area contributed by atoms with Crippen LogP contribution in [0.1, 0.15) is 44.1 Å². The zero-order chi connectivity index (χ0) is 19.9. The van der Waals surface area contributed by atoms with E-state index in [4.69, 9.17) is 9.47 Å². The van der Waals surface area contributed by atoms with Gasteiger partial charge in [-0.25, -0.2) is 9.78 Å². The molecule has 2 fully saturated rings. The molecular formula is C22H26N2O4. The molecule has 2 bridgehead atoms. The number of fused-ring (bicyclic) bond motifs is 3. The molecule has 0 aliphatic carbocycles. The van der Waals surface area contributed by atoms with Gasteiger partial charge >= 0.3 is 6.09 Å². The summed E-state index contributed by atoms with van der Waals surface area (Å²) in [6.45, 7) is 6.45. The van der Waals surface area contributed by atoms with Crippen LogP contribution in [0.4, 0.5) is 4.79 Å². The maximum Gasteiger partial charge on any atom is 0.410 e. The SMILES string of the molecule is CC(C)(C)OC(=O)N1C2COCC1CC(C(=O)c1ccc3ccccc3n1)C2. The number of pyridine rings is 1. The monoisotopic (exact) mass is 382 g/mol. The number of ketones is 1. The van der Waals surface area contributed by atoms with Crippen LogP contribution >= 0.6 is 0 Å². The molecule has 28 heavy (non-hydrogen) atoms. The van der Waals surface area contributed by atoms with Crippen LogP contribution in [-0.2, 0) is 9.47 Å². The van der Waals surface area contributed by atoms with Crippen molar-refractivity contribution in [3.05, 3.63) is 42.1 Å². The Labute approximate surface area is 164 Å². The van der Waals surface area contributed by atoms with Crippen molar-refractivity contribution in [1.29, 1.82) is 0 Å². The van der Waals surface area contributed by atoms with Crippen molar-refractivity contribution in [2.75, 3.05) is 13.2 Å². The largest absolute Gasteiger partial charge is 0.444 e. The quantitative estimate of drug-likeness (QED) is 0.739. The molecule has 6 heteroatoms. The molecule has 4 rings (SSSR count). The van der Waals surface area contributed by atoms with Crippen molar-refractivity contribution in [2.45, 2.75) is 51.3 Å². The third kappa shape index (κ3) is 3.74. The average Bonchev–Trinajstić information content (AvgIpc) is 2.64. The normalized spacial score (nSPS) is 24.8. The van der Waals surface area contributed by atoms with Crippen molar-refractivity contribution in [3.63, 3.8) is 0 Å². The summed E-state index contributed by atoms with van der Waals surface area (Å²) in [5.41, 5.74) is 0.768. The number of Topliss-reactive ketones (excluding diaryl/α,β-unsaturated/α-hetero) is 1. The van der Waals surface area contributed by atoms with E-state index in [-0.39, 0.29) is 29.9 Å². The summed E-state index contributed by atoms with van der Waals surface area (Å²) in [5, 5.41) is 1.02. The van der Waals surface area contributed by atoms with Crippen molar-refractivity contribution in [2.24, 2.45) is 5.92 Å². The van der Waals surface area contributed by atoms with E-state index in [0.717, 1.165) is 10.9 Å². The van der Waals surface area contributed by atoms with Crippen LogP contribution in [-0.4, -0.2) is 52.7 Å². The van der Waals surface area contributed by atoms with Gasteiger partial charge in [0, 0.05) is 11.3 Å². The van der Waals surface area contributed by atoms with E-state index in [1.807, 2.05) is 51.1 Å². The summed E-state index contributed by atoms with van der Waals surface area (Å²) in [5.74, 6) is -0.113. The van der Waals surface area contributed by atoms with Gasteiger partial charge in [0.1, 0.15) is 11.3 Å². The Hall–Kier alpha value is -2.47. The molecule has 0 N–H and O–H groups in total. The van der Waals surface area contributed by atoms with Crippen molar-refractivity contribution in [3.8, 4) is 0 Å². The number of hydrogen-bond acceptors (Lipinski definition) is 5. The van der Waals surface area contributed by atoms with E-state index in [1.54, 1.807) is 11.0 Å². The van der Waals surface area contributed by atoms with Gasteiger partial charge < -0.3 is 9.47 Å². The molecule has 2 atom stereocenters. The number of ether oxygens (including phenoxy) is 2. The highest BCUT2D eigenvalue weighted by Gasteiger charge is 2.45. The first-order chi connectivity index (χ1) is 13.3. The summed E-state index contributed by atoms with van der Waals surface area (Å²) in [6.07, 6.45) is 0.826. The average molecular weight is 382 g/mol. The van der Waals surface area contributed by atoms with E-state index < -0.39 is 5.60 Å². The molecule has 2 aromatic rings. The number of piperidine rings is 1. The molecule has 3 heterocycles. The highest BCUT2D eigenvalue weighted by Crippen LogP contribution is 2.34. The second-order valence-electron chi connectivity index (χ2n) is 8.65. The van der Waals surface area contributed by atoms with Crippen LogP contribution < -0.4 is 0 Å². The number of amides is 1. The number of benzene rings is 1. The molecule has 0 saturated carbocycles. The number of carbonyl (C=O) groups excluding carboxylic acids is 2. The maximum atomic E-state index is 13.1. The first-order valence-electron chi connectivity index (χ1n) is 9.81.